The molecule has 2 atom stereocenters. The van der Waals surface area contributed by atoms with Crippen molar-refractivity contribution in [2.45, 2.75) is 57.7 Å². The Hall–Kier alpha value is -4.34. The molecule has 1 aliphatic heterocycles. The number of halogens is 5. The molecule has 3 aromatic rings. The Morgan fingerprint density at radius 3 is 2.32 bits per heavy atom. The predicted molar refractivity (Wildman–Crippen MR) is 154 cm³/mol. The average Bonchev–Trinajstić information content (AvgIpc) is 3.00. The van der Waals surface area contributed by atoms with E-state index in [1.165, 1.54) is 32.2 Å². The Kier molecular flexibility index (Phi) is 10.3. The molecule has 0 saturated carbocycles. The molecular weight excluding hydrogens is 581 g/mol. The number of nitrogens with zero attached hydrogens (tertiary/aromatic N) is 1. The molecule has 0 bridgehead atoms. The summed E-state index contributed by atoms with van der Waals surface area (Å²) >= 11 is 0. The van der Waals surface area contributed by atoms with Crippen LogP contribution in [0, 0.1) is 17.6 Å². The van der Waals surface area contributed by atoms with Crippen LogP contribution < -0.4 is 4.74 Å². The topological polar surface area (TPSA) is 63.7 Å². The number of carbonyl (C=O) groups is 3. The summed E-state index contributed by atoms with van der Waals surface area (Å²) in [7, 11) is 1.25. The fourth-order valence-corrected chi connectivity index (χ4v) is 5.74. The van der Waals surface area contributed by atoms with E-state index in [1.54, 1.807) is 0 Å². The second-order valence-corrected chi connectivity index (χ2v) is 10.7. The van der Waals surface area contributed by atoms with Crippen molar-refractivity contribution in [1.82, 2.24) is 4.90 Å². The maximum atomic E-state index is 15.6. The van der Waals surface area contributed by atoms with E-state index in [-0.39, 0.29) is 34.9 Å². The van der Waals surface area contributed by atoms with Crippen molar-refractivity contribution in [3.8, 4) is 5.75 Å². The van der Waals surface area contributed by atoms with Gasteiger partial charge >= 0.3 is 6.18 Å². The minimum atomic E-state index is -4.91. The van der Waals surface area contributed by atoms with Gasteiger partial charge in [-0.1, -0.05) is 55.0 Å². The van der Waals surface area contributed by atoms with Crippen LogP contribution in [-0.4, -0.2) is 30.0 Å². The zero-order valence-corrected chi connectivity index (χ0v) is 24.3. The molecule has 4 rings (SSSR count). The fraction of sp³-hybridized carbons (Fsp3) is 0.324. The molecule has 3 aromatic carbocycles. The lowest BCUT2D eigenvalue weighted by molar-refractivity contribution is -0.143. The minimum Gasteiger partial charge on any atom is -0.494 e. The summed E-state index contributed by atoms with van der Waals surface area (Å²) < 4.78 is 77.3. The number of ether oxygens (including phenoxy) is 1. The number of unbranched alkanes of at least 4 members (excludes halogenated alkanes) is 2. The summed E-state index contributed by atoms with van der Waals surface area (Å²) in [5.41, 5.74) is -1.65. The number of aldehydes is 1. The number of methoxy groups -OCH3 is 1. The number of hydrogen-bond acceptors (Lipinski definition) is 4. The van der Waals surface area contributed by atoms with Crippen LogP contribution in [0.2, 0.25) is 0 Å². The molecule has 0 saturated heterocycles. The van der Waals surface area contributed by atoms with Crippen LogP contribution in [0.4, 0.5) is 22.0 Å². The molecule has 1 amide bonds. The number of benzene rings is 3. The Labute approximate surface area is 252 Å². The number of Topliss-reactive ketones (excluding diaryl/α,β-unsaturated/α-hetero) is 1. The van der Waals surface area contributed by atoms with E-state index in [9.17, 15) is 31.9 Å². The summed E-state index contributed by atoms with van der Waals surface area (Å²) in [5.74, 6) is -5.42. The summed E-state index contributed by atoms with van der Waals surface area (Å²) in [6.45, 7) is 0.517. The van der Waals surface area contributed by atoms with Gasteiger partial charge in [-0.15, -0.1) is 0 Å². The molecular formula is C34H32F5NO4. The van der Waals surface area contributed by atoms with Crippen molar-refractivity contribution < 1.29 is 41.1 Å². The van der Waals surface area contributed by atoms with Gasteiger partial charge in [-0.2, -0.15) is 13.2 Å². The quantitative estimate of drug-likeness (QED) is 0.0903. The fourth-order valence-electron chi connectivity index (χ4n) is 5.74. The molecule has 1 heterocycles. The molecule has 0 spiro atoms. The summed E-state index contributed by atoms with van der Waals surface area (Å²) in [5, 5.41) is 0. The molecule has 1 aliphatic rings. The van der Waals surface area contributed by atoms with Gasteiger partial charge in [0.1, 0.15) is 18.0 Å². The maximum Gasteiger partial charge on any atom is 0.416 e. The zero-order valence-electron chi connectivity index (χ0n) is 24.3. The largest absolute Gasteiger partial charge is 0.494 e. The zero-order chi connectivity index (χ0) is 32.0. The molecule has 0 N–H and O–H groups in total. The Morgan fingerprint density at radius 1 is 0.955 bits per heavy atom. The standard InChI is InChI=1S/C34H32F5NO4/c1-21-30(24-14-9-17-29(44-2)31(24)36)32(42)25(19-23(13-7-4-8-18-41)22-11-5-3-6-12-22)33(43)40(21)20-26-27(34(37,38)39)15-10-16-28(26)35/h3,5-6,9-12,14-18,23,25H,4,7-8,13,19-20H2,1-2H3/t23-,25?/m0/s1. The van der Waals surface area contributed by atoms with E-state index in [0.717, 1.165) is 34.9 Å². The number of amides is 1. The Bertz CT molecular complexity index is 1550. The van der Waals surface area contributed by atoms with Gasteiger partial charge in [0.25, 0.3) is 0 Å². The first kappa shape index (κ1) is 32.6. The molecule has 0 aliphatic carbocycles. The van der Waals surface area contributed by atoms with Crippen molar-refractivity contribution in [3.05, 3.63) is 106 Å². The second-order valence-electron chi connectivity index (χ2n) is 10.7. The van der Waals surface area contributed by atoms with Gasteiger partial charge in [0.05, 0.1) is 19.2 Å². The lowest BCUT2D eigenvalue weighted by Crippen LogP contribution is -2.44. The van der Waals surface area contributed by atoms with Gasteiger partial charge in [-0.3, -0.25) is 9.59 Å². The van der Waals surface area contributed by atoms with Gasteiger partial charge in [0.2, 0.25) is 5.91 Å². The highest BCUT2D eigenvalue weighted by Gasteiger charge is 2.44. The van der Waals surface area contributed by atoms with Crippen LogP contribution in [0.15, 0.2) is 72.4 Å². The van der Waals surface area contributed by atoms with E-state index >= 15 is 4.39 Å². The van der Waals surface area contributed by atoms with Crippen LogP contribution in [-0.2, 0) is 27.1 Å². The maximum absolute atomic E-state index is 15.6. The first-order valence-corrected chi connectivity index (χ1v) is 14.2. The second kappa shape index (κ2) is 14.0. The van der Waals surface area contributed by atoms with E-state index < -0.39 is 53.1 Å². The summed E-state index contributed by atoms with van der Waals surface area (Å²) in [6.07, 6.45) is -2.04. The van der Waals surface area contributed by atoms with Crippen molar-refractivity contribution in [1.29, 1.82) is 0 Å². The number of hydrogen-bond donors (Lipinski definition) is 0. The van der Waals surface area contributed by atoms with Crippen molar-refractivity contribution in [2.24, 2.45) is 5.92 Å². The third kappa shape index (κ3) is 6.90. The van der Waals surface area contributed by atoms with Gasteiger partial charge in [0, 0.05) is 28.8 Å². The SMILES string of the molecule is COc1cccc(C2=C(C)N(Cc3c(F)cccc3C(F)(F)F)C(=O)C(C[C@H](CCCCC=O)c3ccccc3)C2=O)c1F. The van der Waals surface area contributed by atoms with Crippen LogP contribution in [0.5, 0.6) is 5.75 Å². The van der Waals surface area contributed by atoms with Crippen molar-refractivity contribution in [3.63, 3.8) is 0 Å². The summed E-state index contributed by atoms with van der Waals surface area (Å²) in [4.78, 5) is 40.0. The van der Waals surface area contributed by atoms with Crippen LogP contribution in [0.25, 0.3) is 5.57 Å². The van der Waals surface area contributed by atoms with Gasteiger partial charge in [0.15, 0.2) is 17.3 Å². The number of rotatable bonds is 12. The number of carbonyl (C=O) groups excluding carboxylic acids is 3. The van der Waals surface area contributed by atoms with E-state index in [2.05, 4.69) is 0 Å². The molecule has 5 nitrogen and oxygen atoms in total. The van der Waals surface area contributed by atoms with Crippen molar-refractivity contribution in [2.75, 3.05) is 7.11 Å². The molecule has 0 fully saturated rings. The number of alkyl halides is 3. The van der Waals surface area contributed by atoms with E-state index in [4.69, 9.17) is 4.74 Å². The van der Waals surface area contributed by atoms with Crippen LogP contribution >= 0.6 is 0 Å². The van der Waals surface area contributed by atoms with Gasteiger partial charge in [-0.05, 0) is 55.9 Å². The molecule has 0 radical (unpaired) electrons. The predicted octanol–water partition coefficient (Wildman–Crippen LogP) is 7.88. The first-order chi connectivity index (χ1) is 21.0. The third-order valence-electron chi connectivity index (χ3n) is 8.00. The van der Waals surface area contributed by atoms with Gasteiger partial charge < -0.3 is 14.4 Å². The molecule has 10 heteroatoms. The monoisotopic (exact) mass is 613 g/mol. The van der Waals surface area contributed by atoms with E-state index in [1.807, 2.05) is 30.3 Å². The van der Waals surface area contributed by atoms with Crippen LogP contribution in [0.1, 0.15) is 67.2 Å². The Morgan fingerprint density at radius 2 is 1.66 bits per heavy atom. The number of allylic oxidation sites excluding steroid dienone is 2. The highest BCUT2D eigenvalue weighted by Crippen LogP contribution is 2.41. The van der Waals surface area contributed by atoms with Gasteiger partial charge in [-0.25, -0.2) is 8.78 Å². The van der Waals surface area contributed by atoms with Crippen molar-refractivity contribution >= 4 is 23.5 Å². The lowest BCUT2D eigenvalue weighted by Gasteiger charge is -2.36. The number of ketones is 1. The third-order valence-corrected chi connectivity index (χ3v) is 8.00. The molecule has 1 unspecified atom stereocenters. The molecule has 0 aromatic heterocycles. The smallest absolute Gasteiger partial charge is 0.416 e. The van der Waals surface area contributed by atoms with E-state index in [0.29, 0.717) is 25.7 Å². The minimum absolute atomic E-state index is 0.0228. The normalized spacial score (nSPS) is 16.3. The summed E-state index contributed by atoms with van der Waals surface area (Å²) in [6, 6.07) is 15.8. The lowest BCUT2D eigenvalue weighted by atomic mass is 9.78. The highest BCUT2D eigenvalue weighted by molar-refractivity contribution is 6.30. The Balaban J connectivity index is 1.84. The highest BCUT2D eigenvalue weighted by atomic mass is 19.4. The molecule has 232 valence electrons. The average molecular weight is 614 g/mol. The van der Waals surface area contributed by atoms with Crippen LogP contribution in [0.3, 0.4) is 0 Å². The first-order valence-electron chi connectivity index (χ1n) is 14.2. The molecule has 44 heavy (non-hydrogen) atoms.